The lowest BCUT2D eigenvalue weighted by atomic mass is 10.1. The highest BCUT2D eigenvalue weighted by Gasteiger charge is 2.03. The average molecular weight is 201 g/mol. The van der Waals surface area contributed by atoms with E-state index in [1.54, 1.807) is 7.11 Å². The van der Waals surface area contributed by atoms with Crippen LogP contribution in [0.15, 0.2) is 24.3 Å². The van der Waals surface area contributed by atoms with E-state index in [1.165, 1.54) is 10.9 Å². The molecule has 0 spiro atoms. The molecule has 0 bridgehead atoms. The molecule has 2 heteroatoms. The first-order chi connectivity index (χ1) is 7.24. The van der Waals surface area contributed by atoms with Crippen molar-refractivity contribution in [3.63, 3.8) is 0 Å². The number of hydrogen-bond donors (Lipinski definition) is 0. The summed E-state index contributed by atoms with van der Waals surface area (Å²) in [6, 6.07) is 8.48. The van der Waals surface area contributed by atoms with Crippen LogP contribution in [0.4, 0.5) is 0 Å². The van der Waals surface area contributed by atoms with E-state index in [4.69, 9.17) is 4.74 Å². The molecule has 1 aromatic heterocycles. The van der Waals surface area contributed by atoms with Gasteiger partial charge in [-0.3, -0.25) is 0 Å². The van der Waals surface area contributed by atoms with Gasteiger partial charge < -0.3 is 4.74 Å². The Balaban J connectivity index is 2.65. The molecule has 0 aliphatic rings. The Morgan fingerprint density at radius 3 is 2.73 bits per heavy atom. The lowest BCUT2D eigenvalue weighted by molar-refractivity contribution is 0.396. The molecular weight excluding hydrogens is 186 g/mol. The molecule has 0 radical (unpaired) electrons. The van der Waals surface area contributed by atoms with Crippen molar-refractivity contribution in [2.45, 2.75) is 20.3 Å². The second-order valence-electron chi connectivity index (χ2n) is 3.70. The van der Waals surface area contributed by atoms with Gasteiger partial charge in [-0.15, -0.1) is 0 Å². The molecular formula is C13H15NO. The Bertz CT molecular complexity index is 491. The van der Waals surface area contributed by atoms with E-state index in [-0.39, 0.29) is 0 Å². The molecule has 0 fully saturated rings. The largest absolute Gasteiger partial charge is 0.481 e. The van der Waals surface area contributed by atoms with Crippen LogP contribution in [-0.2, 0) is 6.42 Å². The van der Waals surface area contributed by atoms with Crippen LogP contribution in [0.25, 0.3) is 10.9 Å². The molecule has 2 nitrogen and oxygen atoms in total. The van der Waals surface area contributed by atoms with E-state index >= 15 is 0 Å². The van der Waals surface area contributed by atoms with Gasteiger partial charge >= 0.3 is 0 Å². The summed E-state index contributed by atoms with van der Waals surface area (Å²) in [6.45, 7) is 4.18. The summed E-state index contributed by atoms with van der Waals surface area (Å²) >= 11 is 0. The van der Waals surface area contributed by atoms with Crippen molar-refractivity contribution in [1.29, 1.82) is 0 Å². The number of ether oxygens (including phenoxy) is 1. The molecule has 0 unspecified atom stereocenters. The van der Waals surface area contributed by atoms with Gasteiger partial charge in [-0.1, -0.05) is 13.0 Å². The van der Waals surface area contributed by atoms with Gasteiger partial charge in [0.1, 0.15) is 0 Å². The predicted octanol–water partition coefficient (Wildman–Crippen LogP) is 3.11. The highest BCUT2D eigenvalue weighted by molar-refractivity contribution is 5.80. The first-order valence-electron chi connectivity index (χ1n) is 5.19. The van der Waals surface area contributed by atoms with Crippen molar-refractivity contribution in [3.05, 3.63) is 35.4 Å². The van der Waals surface area contributed by atoms with Crippen molar-refractivity contribution >= 4 is 10.9 Å². The average Bonchev–Trinajstić information content (AvgIpc) is 2.27. The third kappa shape index (κ3) is 1.80. The molecule has 0 N–H and O–H groups in total. The van der Waals surface area contributed by atoms with Gasteiger partial charge in [0, 0.05) is 10.9 Å². The molecule has 2 rings (SSSR count). The van der Waals surface area contributed by atoms with Crippen molar-refractivity contribution in [3.8, 4) is 5.88 Å². The Labute approximate surface area is 89.9 Å². The molecule has 15 heavy (non-hydrogen) atoms. The number of benzene rings is 1. The highest BCUT2D eigenvalue weighted by Crippen LogP contribution is 2.22. The summed E-state index contributed by atoms with van der Waals surface area (Å²) in [4.78, 5) is 4.45. The molecule has 0 aliphatic heterocycles. The first-order valence-corrected chi connectivity index (χ1v) is 5.19. The summed E-state index contributed by atoms with van der Waals surface area (Å²) in [5.41, 5.74) is 3.42. The standard InChI is InChI=1S/C13H15NO/c1-4-10-5-6-12-11(8-10)7-9(2)13(14-12)15-3/h5-8H,4H2,1-3H3. The molecule has 0 aliphatic carbocycles. The third-order valence-electron chi connectivity index (χ3n) is 2.62. The number of nitrogens with zero attached hydrogens (tertiary/aromatic N) is 1. The number of fused-ring (bicyclic) bond motifs is 1. The fraction of sp³-hybridized carbons (Fsp3) is 0.308. The van der Waals surface area contributed by atoms with E-state index in [9.17, 15) is 0 Å². The first kappa shape index (κ1) is 9.97. The lowest BCUT2D eigenvalue weighted by Crippen LogP contribution is -1.92. The molecule has 1 aromatic carbocycles. The minimum absolute atomic E-state index is 0.715. The van der Waals surface area contributed by atoms with Crippen molar-refractivity contribution in [2.24, 2.45) is 0 Å². The van der Waals surface area contributed by atoms with Gasteiger partial charge in [-0.25, -0.2) is 4.98 Å². The normalized spacial score (nSPS) is 10.6. The van der Waals surface area contributed by atoms with E-state index in [2.05, 4.69) is 36.2 Å². The number of aryl methyl sites for hydroxylation is 2. The summed E-state index contributed by atoms with van der Waals surface area (Å²) < 4.78 is 5.20. The summed E-state index contributed by atoms with van der Waals surface area (Å²) in [6.07, 6.45) is 1.06. The second-order valence-corrected chi connectivity index (χ2v) is 3.70. The van der Waals surface area contributed by atoms with Gasteiger partial charge in [-0.2, -0.15) is 0 Å². The zero-order chi connectivity index (χ0) is 10.8. The molecule has 0 atom stereocenters. The minimum atomic E-state index is 0.715. The van der Waals surface area contributed by atoms with Crippen LogP contribution in [0.1, 0.15) is 18.1 Å². The Kier molecular flexibility index (Phi) is 2.58. The van der Waals surface area contributed by atoms with Crippen LogP contribution >= 0.6 is 0 Å². The molecule has 0 amide bonds. The summed E-state index contributed by atoms with van der Waals surface area (Å²) in [5, 5.41) is 1.19. The second kappa shape index (κ2) is 3.89. The van der Waals surface area contributed by atoms with Gasteiger partial charge in [0.05, 0.1) is 12.6 Å². The maximum atomic E-state index is 5.20. The number of rotatable bonds is 2. The van der Waals surface area contributed by atoms with E-state index in [1.807, 2.05) is 6.92 Å². The van der Waals surface area contributed by atoms with Gasteiger partial charge in [0.2, 0.25) is 5.88 Å². The molecule has 2 aromatic rings. The Hall–Kier alpha value is -1.57. The van der Waals surface area contributed by atoms with Crippen molar-refractivity contribution in [1.82, 2.24) is 4.98 Å². The van der Waals surface area contributed by atoms with Crippen LogP contribution in [0, 0.1) is 6.92 Å². The quantitative estimate of drug-likeness (QED) is 0.744. The maximum Gasteiger partial charge on any atom is 0.216 e. The fourth-order valence-electron chi connectivity index (χ4n) is 1.74. The van der Waals surface area contributed by atoms with E-state index in [0.29, 0.717) is 5.88 Å². The molecule has 78 valence electrons. The number of aromatic nitrogens is 1. The van der Waals surface area contributed by atoms with E-state index < -0.39 is 0 Å². The lowest BCUT2D eigenvalue weighted by Gasteiger charge is -2.06. The van der Waals surface area contributed by atoms with E-state index in [0.717, 1.165) is 17.5 Å². The SMILES string of the molecule is CCc1ccc2nc(OC)c(C)cc2c1. The van der Waals surface area contributed by atoms with Crippen LogP contribution in [0.2, 0.25) is 0 Å². The predicted molar refractivity (Wildman–Crippen MR) is 62.4 cm³/mol. The minimum Gasteiger partial charge on any atom is -0.481 e. The molecule has 1 heterocycles. The smallest absolute Gasteiger partial charge is 0.216 e. The zero-order valence-corrected chi connectivity index (χ0v) is 9.37. The number of methoxy groups -OCH3 is 1. The van der Waals surface area contributed by atoms with Gasteiger partial charge in [-0.05, 0) is 37.1 Å². The number of hydrogen-bond acceptors (Lipinski definition) is 2. The molecule has 0 saturated heterocycles. The summed E-state index contributed by atoms with van der Waals surface area (Å²) in [7, 11) is 1.65. The highest BCUT2D eigenvalue weighted by atomic mass is 16.5. The third-order valence-corrected chi connectivity index (χ3v) is 2.62. The maximum absolute atomic E-state index is 5.20. The van der Waals surface area contributed by atoms with Crippen LogP contribution in [0.3, 0.4) is 0 Å². The monoisotopic (exact) mass is 201 g/mol. The zero-order valence-electron chi connectivity index (χ0n) is 9.37. The van der Waals surface area contributed by atoms with Crippen molar-refractivity contribution in [2.75, 3.05) is 7.11 Å². The fourth-order valence-corrected chi connectivity index (χ4v) is 1.74. The van der Waals surface area contributed by atoms with Gasteiger partial charge in [0.15, 0.2) is 0 Å². The van der Waals surface area contributed by atoms with Crippen LogP contribution in [0.5, 0.6) is 5.88 Å². The topological polar surface area (TPSA) is 22.1 Å². The van der Waals surface area contributed by atoms with Crippen molar-refractivity contribution < 1.29 is 4.74 Å². The number of pyridine rings is 1. The summed E-state index contributed by atoms with van der Waals surface area (Å²) in [5.74, 6) is 0.715. The Morgan fingerprint density at radius 1 is 1.27 bits per heavy atom. The van der Waals surface area contributed by atoms with Crippen LogP contribution < -0.4 is 4.74 Å². The van der Waals surface area contributed by atoms with Crippen LogP contribution in [-0.4, -0.2) is 12.1 Å². The Morgan fingerprint density at radius 2 is 2.07 bits per heavy atom. The molecule has 0 saturated carbocycles. The van der Waals surface area contributed by atoms with Gasteiger partial charge in [0.25, 0.3) is 0 Å².